The first kappa shape index (κ1) is 14.0. The summed E-state index contributed by atoms with van der Waals surface area (Å²) in [6.07, 6.45) is 11.1. The van der Waals surface area contributed by atoms with Gasteiger partial charge in [-0.1, -0.05) is 26.2 Å². The zero-order valence-electron chi connectivity index (χ0n) is 11.3. The SMILES string of the molecule is CCCNCCCCCN(C)C1CCCC1. The van der Waals surface area contributed by atoms with Gasteiger partial charge in [0.05, 0.1) is 0 Å². The Morgan fingerprint density at radius 1 is 1.06 bits per heavy atom. The molecule has 0 aromatic carbocycles. The molecule has 0 spiro atoms. The Morgan fingerprint density at radius 3 is 2.50 bits per heavy atom. The molecule has 0 aromatic heterocycles. The molecular weight excluding hydrogens is 196 g/mol. The van der Waals surface area contributed by atoms with Crippen molar-refractivity contribution in [2.24, 2.45) is 0 Å². The first-order valence-electron chi connectivity index (χ1n) is 7.25. The minimum atomic E-state index is 0.901. The quantitative estimate of drug-likeness (QED) is 0.608. The summed E-state index contributed by atoms with van der Waals surface area (Å²) in [5, 5.41) is 3.46. The van der Waals surface area contributed by atoms with Crippen molar-refractivity contribution in [1.82, 2.24) is 10.2 Å². The zero-order valence-corrected chi connectivity index (χ0v) is 11.3. The van der Waals surface area contributed by atoms with Crippen molar-refractivity contribution in [2.45, 2.75) is 64.3 Å². The van der Waals surface area contributed by atoms with Crippen molar-refractivity contribution >= 4 is 0 Å². The van der Waals surface area contributed by atoms with E-state index in [1.807, 2.05) is 0 Å². The van der Waals surface area contributed by atoms with Crippen LogP contribution in [0.3, 0.4) is 0 Å². The van der Waals surface area contributed by atoms with Crippen molar-refractivity contribution in [1.29, 1.82) is 0 Å². The first-order valence-corrected chi connectivity index (χ1v) is 7.25. The molecule has 0 aromatic rings. The van der Waals surface area contributed by atoms with Crippen molar-refractivity contribution in [3.63, 3.8) is 0 Å². The summed E-state index contributed by atoms with van der Waals surface area (Å²) in [6.45, 7) is 5.92. The Hall–Kier alpha value is -0.0800. The molecule has 1 saturated carbocycles. The van der Waals surface area contributed by atoms with Crippen molar-refractivity contribution < 1.29 is 0 Å². The van der Waals surface area contributed by atoms with Gasteiger partial charge in [-0.2, -0.15) is 0 Å². The van der Waals surface area contributed by atoms with Crippen molar-refractivity contribution in [3.8, 4) is 0 Å². The maximum atomic E-state index is 3.46. The molecule has 0 aliphatic heterocycles. The number of rotatable bonds is 9. The third-order valence-electron chi connectivity index (χ3n) is 3.74. The van der Waals surface area contributed by atoms with E-state index in [2.05, 4.69) is 24.2 Å². The lowest BCUT2D eigenvalue weighted by molar-refractivity contribution is 0.240. The second-order valence-electron chi connectivity index (χ2n) is 5.23. The van der Waals surface area contributed by atoms with Gasteiger partial charge in [-0.05, 0) is 58.8 Å². The van der Waals surface area contributed by atoms with Crippen LogP contribution in [0.25, 0.3) is 0 Å². The molecule has 0 atom stereocenters. The van der Waals surface area contributed by atoms with E-state index in [1.165, 1.54) is 71.0 Å². The van der Waals surface area contributed by atoms with Crippen LogP contribution in [0, 0.1) is 0 Å². The van der Waals surface area contributed by atoms with Gasteiger partial charge in [0.1, 0.15) is 0 Å². The molecule has 0 unspecified atom stereocenters. The minimum Gasteiger partial charge on any atom is -0.317 e. The molecule has 1 fully saturated rings. The van der Waals surface area contributed by atoms with E-state index in [0.717, 1.165) is 6.04 Å². The third-order valence-corrected chi connectivity index (χ3v) is 3.74. The Balaban J connectivity index is 1.86. The summed E-state index contributed by atoms with van der Waals surface area (Å²) in [5.41, 5.74) is 0. The maximum Gasteiger partial charge on any atom is 0.00922 e. The molecule has 1 aliphatic carbocycles. The van der Waals surface area contributed by atoms with E-state index in [1.54, 1.807) is 0 Å². The van der Waals surface area contributed by atoms with E-state index in [0.29, 0.717) is 0 Å². The molecule has 2 heteroatoms. The lowest BCUT2D eigenvalue weighted by Crippen LogP contribution is -2.30. The summed E-state index contributed by atoms with van der Waals surface area (Å²) in [4.78, 5) is 2.59. The summed E-state index contributed by atoms with van der Waals surface area (Å²) >= 11 is 0. The predicted molar refractivity (Wildman–Crippen MR) is 71.9 cm³/mol. The first-order chi connectivity index (χ1) is 7.84. The summed E-state index contributed by atoms with van der Waals surface area (Å²) in [6, 6.07) is 0.901. The molecule has 1 aliphatic rings. The van der Waals surface area contributed by atoms with Gasteiger partial charge in [0, 0.05) is 6.04 Å². The van der Waals surface area contributed by atoms with Gasteiger partial charge < -0.3 is 10.2 Å². The Morgan fingerprint density at radius 2 is 1.81 bits per heavy atom. The topological polar surface area (TPSA) is 15.3 Å². The van der Waals surface area contributed by atoms with E-state index in [-0.39, 0.29) is 0 Å². The predicted octanol–water partition coefficient (Wildman–Crippen LogP) is 3.03. The molecule has 0 saturated heterocycles. The number of hydrogen-bond donors (Lipinski definition) is 1. The highest BCUT2D eigenvalue weighted by Crippen LogP contribution is 2.22. The second-order valence-corrected chi connectivity index (χ2v) is 5.23. The smallest absolute Gasteiger partial charge is 0.00922 e. The Labute approximate surface area is 102 Å². The fourth-order valence-electron chi connectivity index (χ4n) is 2.62. The van der Waals surface area contributed by atoms with Crippen LogP contribution in [0.5, 0.6) is 0 Å². The van der Waals surface area contributed by atoms with Crippen LogP contribution in [0.1, 0.15) is 58.3 Å². The van der Waals surface area contributed by atoms with Crippen LogP contribution < -0.4 is 5.32 Å². The van der Waals surface area contributed by atoms with Gasteiger partial charge in [-0.3, -0.25) is 0 Å². The fourth-order valence-corrected chi connectivity index (χ4v) is 2.62. The molecule has 0 bridgehead atoms. The van der Waals surface area contributed by atoms with Gasteiger partial charge in [0.15, 0.2) is 0 Å². The highest BCUT2D eigenvalue weighted by Gasteiger charge is 2.18. The zero-order chi connectivity index (χ0) is 11.6. The van der Waals surface area contributed by atoms with Crippen LogP contribution in [-0.2, 0) is 0 Å². The number of nitrogens with one attached hydrogen (secondary N) is 1. The number of hydrogen-bond acceptors (Lipinski definition) is 2. The van der Waals surface area contributed by atoms with Gasteiger partial charge in [-0.25, -0.2) is 0 Å². The van der Waals surface area contributed by atoms with E-state index in [9.17, 15) is 0 Å². The van der Waals surface area contributed by atoms with Crippen molar-refractivity contribution in [2.75, 3.05) is 26.7 Å². The molecule has 1 rings (SSSR count). The molecule has 0 radical (unpaired) electrons. The molecular formula is C14H30N2. The molecule has 2 nitrogen and oxygen atoms in total. The average molecular weight is 226 g/mol. The summed E-state index contributed by atoms with van der Waals surface area (Å²) in [5.74, 6) is 0. The monoisotopic (exact) mass is 226 g/mol. The van der Waals surface area contributed by atoms with E-state index < -0.39 is 0 Å². The van der Waals surface area contributed by atoms with Gasteiger partial charge in [-0.15, -0.1) is 0 Å². The highest BCUT2D eigenvalue weighted by atomic mass is 15.1. The highest BCUT2D eigenvalue weighted by molar-refractivity contribution is 4.74. The number of unbranched alkanes of at least 4 members (excludes halogenated alkanes) is 2. The molecule has 1 N–H and O–H groups in total. The van der Waals surface area contributed by atoms with Gasteiger partial charge in [0.25, 0.3) is 0 Å². The maximum absolute atomic E-state index is 3.46. The summed E-state index contributed by atoms with van der Waals surface area (Å²) in [7, 11) is 2.31. The number of nitrogens with zero attached hydrogens (tertiary/aromatic N) is 1. The molecule has 0 heterocycles. The van der Waals surface area contributed by atoms with Crippen molar-refractivity contribution in [3.05, 3.63) is 0 Å². The summed E-state index contributed by atoms with van der Waals surface area (Å²) < 4.78 is 0. The Kier molecular flexibility index (Phi) is 7.87. The minimum absolute atomic E-state index is 0.901. The van der Waals surface area contributed by atoms with E-state index >= 15 is 0 Å². The third kappa shape index (κ3) is 5.86. The van der Waals surface area contributed by atoms with Gasteiger partial charge >= 0.3 is 0 Å². The Bertz CT molecular complexity index is 153. The largest absolute Gasteiger partial charge is 0.317 e. The second kappa shape index (κ2) is 9.00. The van der Waals surface area contributed by atoms with Crippen LogP contribution in [-0.4, -0.2) is 37.6 Å². The van der Waals surface area contributed by atoms with Crippen LogP contribution in [0.15, 0.2) is 0 Å². The van der Waals surface area contributed by atoms with Gasteiger partial charge in [0.2, 0.25) is 0 Å². The molecule has 96 valence electrons. The lowest BCUT2D eigenvalue weighted by Gasteiger charge is -2.23. The van der Waals surface area contributed by atoms with Crippen LogP contribution >= 0.6 is 0 Å². The average Bonchev–Trinajstić information content (AvgIpc) is 2.81. The fraction of sp³-hybridized carbons (Fsp3) is 1.00. The molecule has 0 amide bonds. The standard InChI is InChI=1S/C14H30N2/c1-3-11-15-12-7-4-8-13-16(2)14-9-5-6-10-14/h14-15H,3-13H2,1-2H3. The molecule has 16 heavy (non-hydrogen) atoms. The normalized spacial score (nSPS) is 17.4. The lowest BCUT2D eigenvalue weighted by atomic mass is 10.2. The van der Waals surface area contributed by atoms with Crippen LogP contribution in [0.2, 0.25) is 0 Å². The van der Waals surface area contributed by atoms with Crippen LogP contribution in [0.4, 0.5) is 0 Å². The van der Waals surface area contributed by atoms with E-state index in [4.69, 9.17) is 0 Å².